The van der Waals surface area contributed by atoms with E-state index in [1.54, 1.807) is 0 Å². The first-order chi connectivity index (χ1) is 7.34. The Morgan fingerprint density at radius 3 is 2.53 bits per heavy atom. The topological polar surface area (TPSA) is 41.1 Å². The van der Waals surface area contributed by atoms with Gasteiger partial charge in [-0.25, -0.2) is 0 Å². The molecule has 3 heteroatoms. The van der Waals surface area contributed by atoms with Crippen molar-refractivity contribution in [3.63, 3.8) is 0 Å². The molecule has 1 saturated heterocycles. The zero-order chi connectivity index (χ0) is 10.3. The first-order valence-corrected chi connectivity index (χ1v) is 6.34. The molecule has 2 saturated carbocycles. The fourth-order valence-corrected chi connectivity index (χ4v) is 3.35. The summed E-state index contributed by atoms with van der Waals surface area (Å²) >= 11 is 0. The van der Waals surface area contributed by atoms with E-state index in [0.717, 1.165) is 31.3 Å². The minimum absolute atomic E-state index is 0.307. The number of nitrogens with one attached hydrogen (secondary N) is 2. The summed E-state index contributed by atoms with van der Waals surface area (Å²) in [6.45, 7) is 2.22. The van der Waals surface area contributed by atoms with Crippen LogP contribution in [0.3, 0.4) is 0 Å². The number of fused-ring (bicyclic) bond motifs is 1. The van der Waals surface area contributed by atoms with E-state index < -0.39 is 0 Å². The number of hydrogen-bond donors (Lipinski definition) is 2. The fourth-order valence-electron chi connectivity index (χ4n) is 3.35. The minimum atomic E-state index is 0.307. The van der Waals surface area contributed by atoms with Gasteiger partial charge in [0.05, 0.1) is 0 Å². The molecule has 0 spiro atoms. The molecule has 0 aromatic carbocycles. The first-order valence-electron chi connectivity index (χ1n) is 6.34. The molecule has 3 aliphatic rings. The summed E-state index contributed by atoms with van der Waals surface area (Å²) in [7, 11) is 0. The maximum absolute atomic E-state index is 11.7. The lowest BCUT2D eigenvalue weighted by Crippen LogP contribution is -2.33. The van der Waals surface area contributed by atoms with Crippen molar-refractivity contribution in [2.75, 3.05) is 13.1 Å². The Hall–Kier alpha value is -0.570. The van der Waals surface area contributed by atoms with E-state index >= 15 is 0 Å². The molecule has 84 valence electrons. The van der Waals surface area contributed by atoms with Crippen LogP contribution in [0.4, 0.5) is 0 Å². The van der Waals surface area contributed by atoms with Crippen molar-refractivity contribution >= 4 is 5.91 Å². The van der Waals surface area contributed by atoms with Gasteiger partial charge in [-0.15, -0.1) is 0 Å². The Balaban J connectivity index is 1.42. The maximum atomic E-state index is 11.7. The van der Waals surface area contributed by atoms with Crippen molar-refractivity contribution < 1.29 is 4.79 Å². The van der Waals surface area contributed by atoms with Crippen molar-refractivity contribution in [3.8, 4) is 0 Å². The quantitative estimate of drug-likeness (QED) is 0.723. The second kappa shape index (κ2) is 3.78. The van der Waals surface area contributed by atoms with Crippen LogP contribution in [0.1, 0.15) is 32.1 Å². The van der Waals surface area contributed by atoms with Crippen molar-refractivity contribution in [1.82, 2.24) is 10.6 Å². The average Bonchev–Trinajstić information content (AvgIpc) is 2.65. The van der Waals surface area contributed by atoms with E-state index in [4.69, 9.17) is 0 Å². The number of piperidine rings is 1. The fraction of sp³-hybridized carbons (Fsp3) is 0.917. The maximum Gasteiger partial charge on any atom is 0.220 e. The molecule has 2 unspecified atom stereocenters. The van der Waals surface area contributed by atoms with Gasteiger partial charge in [0.25, 0.3) is 0 Å². The van der Waals surface area contributed by atoms with E-state index in [2.05, 4.69) is 10.6 Å². The van der Waals surface area contributed by atoms with Gasteiger partial charge < -0.3 is 10.6 Å². The summed E-state index contributed by atoms with van der Waals surface area (Å²) < 4.78 is 0. The van der Waals surface area contributed by atoms with Gasteiger partial charge in [-0.05, 0) is 30.6 Å². The van der Waals surface area contributed by atoms with E-state index in [1.807, 2.05) is 0 Å². The highest BCUT2D eigenvalue weighted by Crippen LogP contribution is 2.41. The summed E-state index contributed by atoms with van der Waals surface area (Å²) in [5, 5.41) is 6.55. The first kappa shape index (κ1) is 9.64. The zero-order valence-electron chi connectivity index (χ0n) is 9.17. The minimum Gasteiger partial charge on any atom is -0.353 e. The van der Waals surface area contributed by atoms with Gasteiger partial charge in [0.2, 0.25) is 5.91 Å². The number of amides is 1. The van der Waals surface area contributed by atoms with Crippen LogP contribution in [0.15, 0.2) is 0 Å². The number of carbonyl (C=O) groups is 1. The van der Waals surface area contributed by atoms with Gasteiger partial charge in [0.15, 0.2) is 0 Å². The molecule has 1 amide bonds. The van der Waals surface area contributed by atoms with Crippen molar-refractivity contribution in [1.29, 1.82) is 0 Å². The summed E-state index contributed by atoms with van der Waals surface area (Å²) in [6, 6.07) is 0.514. The largest absolute Gasteiger partial charge is 0.353 e. The molecular weight excluding hydrogens is 188 g/mol. The SMILES string of the molecule is O=C(CC1CCCC1)NC1C2CNCC21. The van der Waals surface area contributed by atoms with Crippen LogP contribution >= 0.6 is 0 Å². The molecule has 1 aliphatic heterocycles. The standard InChI is InChI=1S/C12H20N2O/c15-11(5-8-3-1-2-4-8)14-12-9-6-13-7-10(9)12/h8-10,12-13H,1-7H2,(H,14,15). The second-order valence-corrected chi connectivity index (χ2v) is 5.43. The Labute approximate surface area is 91.0 Å². The van der Waals surface area contributed by atoms with Crippen LogP contribution in [-0.4, -0.2) is 25.0 Å². The Morgan fingerprint density at radius 2 is 1.87 bits per heavy atom. The predicted molar refractivity (Wildman–Crippen MR) is 58.4 cm³/mol. The van der Waals surface area contributed by atoms with Crippen LogP contribution in [-0.2, 0) is 4.79 Å². The lowest BCUT2D eigenvalue weighted by Gasteiger charge is -2.11. The molecule has 15 heavy (non-hydrogen) atoms. The van der Waals surface area contributed by atoms with Gasteiger partial charge in [-0.1, -0.05) is 12.8 Å². The Morgan fingerprint density at radius 1 is 1.20 bits per heavy atom. The van der Waals surface area contributed by atoms with Gasteiger partial charge >= 0.3 is 0 Å². The molecular formula is C12H20N2O. The highest BCUT2D eigenvalue weighted by atomic mass is 16.1. The molecule has 0 aromatic rings. The van der Waals surface area contributed by atoms with Crippen molar-refractivity contribution in [2.24, 2.45) is 17.8 Å². The summed E-state index contributed by atoms with van der Waals surface area (Å²) in [6.07, 6.45) is 5.98. The molecule has 3 nitrogen and oxygen atoms in total. The van der Waals surface area contributed by atoms with E-state index in [0.29, 0.717) is 17.9 Å². The van der Waals surface area contributed by atoms with Crippen LogP contribution < -0.4 is 10.6 Å². The van der Waals surface area contributed by atoms with E-state index in [9.17, 15) is 4.79 Å². The molecule has 3 rings (SSSR count). The molecule has 0 aromatic heterocycles. The number of hydrogen-bond acceptors (Lipinski definition) is 2. The highest BCUT2D eigenvalue weighted by Gasteiger charge is 2.53. The smallest absolute Gasteiger partial charge is 0.220 e. The molecule has 3 fully saturated rings. The summed E-state index contributed by atoms with van der Waals surface area (Å²) in [5.41, 5.74) is 0. The Kier molecular flexibility index (Phi) is 2.43. The lowest BCUT2D eigenvalue weighted by molar-refractivity contribution is -0.122. The third-order valence-corrected chi connectivity index (χ3v) is 4.37. The third-order valence-electron chi connectivity index (χ3n) is 4.37. The summed E-state index contributed by atoms with van der Waals surface area (Å²) in [4.78, 5) is 11.7. The van der Waals surface area contributed by atoms with Crippen molar-refractivity contribution in [3.05, 3.63) is 0 Å². The van der Waals surface area contributed by atoms with Crippen LogP contribution in [0.5, 0.6) is 0 Å². The third kappa shape index (κ3) is 1.89. The molecule has 2 N–H and O–H groups in total. The molecule has 0 bridgehead atoms. The summed E-state index contributed by atoms with van der Waals surface area (Å²) in [5.74, 6) is 2.48. The molecule has 1 heterocycles. The van der Waals surface area contributed by atoms with Crippen LogP contribution in [0, 0.1) is 17.8 Å². The molecule has 0 radical (unpaired) electrons. The van der Waals surface area contributed by atoms with Gasteiger partial charge in [0.1, 0.15) is 0 Å². The predicted octanol–water partition coefficient (Wildman–Crippen LogP) is 0.901. The number of rotatable bonds is 3. The Bertz CT molecular complexity index is 250. The molecule has 2 atom stereocenters. The van der Waals surface area contributed by atoms with E-state index in [1.165, 1.54) is 25.7 Å². The second-order valence-electron chi connectivity index (χ2n) is 5.43. The van der Waals surface area contributed by atoms with E-state index in [-0.39, 0.29) is 0 Å². The number of carbonyl (C=O) groups excluding carboxylic acids is 1. The molecule has 2 aliphatic carbocycles. The van der Waals surface area contributed by atoms with Crippen molar-refractivity contribution in [2.45, 2.75) is 38.1 Å². The van der Waals surface area contributed by atoms with Gasteiger partial charge in [0, 0.05) is 25.6 Å². The zero-order valence-corrected chi connectivity index (χ0v) is 9.17. The average molecular weight is 208 g/mol. The van der Waals surface area contributed by atoms with Crippen LogP contribution in [0.2, 0.25) is 0 Å². The lowest BCUT2D eigenvalue weighted by atomic mass is 10.0. The normalized spacial score (nSPS) is 39.1. The van der Waals surface area contributed by atoms with Crippen LogP contribution in [0.25, 0.3) is 0 Å². The monoisotopic (exact) mass is 208 g/mol. The van der Waals surface area contributed by atoms with Gasteiger partial charge in [-0.2, -0.15) is 0 Å². The highest BCUT2D eigenvalue weighted by molar-refractivity contribution is 5.77. The van der Waals surface area contributed by atoms with Gasteiger partial charge in [-0.3, -0.25) is 4.79 Å².